The molecule has 8 nitrogen and oxygen atoms in total. The Morgan fingerprint density at radius 1 is 1.31 bits per heavy atom. The van der Waals surface area contributed by atoms with Crippen molar-refractivity contribution in [2.45, 2.75) is 52.2 Å². The molecule has 1 aliphatic heterocycles. The second-order valence-electron chi connectivity index (χ2n) is 6.73. The van der Waals surface area contributed by atoms with Crippen LogP contribution in [0.25, 0.3) is 0 Å². The number of hydrogen-bond donors (Lipinski definition) is 1. The zero-order chi connectivity index (χ0) is 18.7. The molecular weight excluding hydrogens is 332 g/mol. The van der Waals surface area contributed by atoms with Gasteiger partial charge in [-0.15, -0.1) is 0 Å². The summed E-state index contributed by atoms with van der Waals surface area (Å²) < 4.78 is 1.74. The summed E-state index contributed by atoms with van der Waals surface area (Å²) in [5, 5.41) is 6.99. The van der Waals surface area contributed by atoms with Crippen molar-refractivity contribution in [1.82, 2.24) is 30.0 Å². The Bertz CT molecular complexity index is 800. The average molecular weight is 356 g/mol. The second-order valence-corrected chi connectivity index (χ2v) is 6.73. The first kappa shape index (κ1) is 18.0. The molecule has 0 spiro atoms. The van der Waals surface area contributed by atoms with Gasteiger partial charge in [0.2, 0.25) is 5.91 Å². The first-order chi connectivity index (χ1) is 12.5. The van der Waals surface area contributed by atoms with E-state index < -0.39 is 0 Å². The van der Waals surface area contributed by atoms with Crippen LogP contribution < -0.4 is 5.32 Å². The molecule has 2 amide bonds. The van der Waals surface area contributed by atoms with Gasteiger partial charge in [-0.3, -0.25) is 14.3 Å². The molecule has 1 fully saturated rings. The van der Waals surface area contributed by atoms with Crippen molar-refractivity contribution >= 4 is 11.8 Å². The van der Waals surface area contributed by atoms with E-state index in [2.05, 4.69) is 20.4 Å². The molecule has 2 aromatic rings. The topological polar surface area (TPSA) is 93.0 Å². The average Bonchev–Trinajstić information content (AvgIpc) is 3.29. The third-order valence-corrected chi connectivity index (χ3v) is 4.44. The van der Waals surface area contributed by atoms with Gasteiger partial charge >= 0.3 is 0 Å². The lowest BCUT2D eigenvalue weighted by atomic mass is 10.2. The third-order valence-electron chi connectivity index (χ3n) is 4.44. The van der Waals surface area contributed by atoms with Crippen molar-refractivity contribution in [3.63, 3.8) is 0 Å². The zero-order valence-electron chi connectivity index (χ0n) is 15.3. The van der Waals surface area contributed by atoms with E-state index in [4.69, 9.17) is 0 Å². The number of amides is 2. The molecule has 0 aliphatic carbocycles. The van der Waals surface area contributed by atoms with Gasteiger partial charge in [-0.25, -0.2) is 9.97 Å². The second kappa shape index (κ2) is 7.63. The molecule has 0 radical (unpaired) electrons. The van der Waals surface area contributed by atoms with Crippen LogP contribution in [0.2, 0.25) is 0 Å². The summed E-state index contributed by atoms with van der Waals surface area (Å²) in [6.45, 7) is 6.49. The summed E-state index contributed by atoms with van der Waals surface area (Å²) in [5.74, 6) is 0.466. The lowest BCUT2D eigenvalue weighted by Crippen LogP contribution is -2.33. The quantitative estimate of drug-likeness (QED) is 0.883. The van der Waals surface area contributed by atoms with Crippen LogP contribution in [-0.2, 0) is 11.3 Å². The molecule has 1 N–H and O–H groups in total. The van der Waals surface area contributed by atoms with E-state index >= 15 is 0 Å². The fraction of sp³-hybridized carbons (Fsp3) is 0.500. The Morgan fingerprint density at radius 3 is 2.85 bits per heavy atom. The highest BCUT2D eigenvalue weighted by atomic mass is 16.2. The monoisotopic (exact) mass is 356 g/mol. The maximum absolute atomic E-state index is 13.1. The molecule has 0 saturated carbocycles. The van der Waals surface area contributed by atoms with Gasteiger partial charge in [-0.2, -0.15) is 5.10 Å². The van der Waals surface area contributed by atoms with Crippen LogP contribution in [0.4, 0.5) is 0 Å². The molecule has 3 rings (SSSR count). The van der Waals surface area contributed by atoms with Crippen molar-refractivity contribution in [3.05, 3.63) is 41.7 Å². The van der Waals surface area contributed by atoms with Crippen LogP contribution >= 0.6 is 0 Å². The van der Waals surface area contributed by atoms with E-state index in [1.54, 1.807) is 29.2 Å². The lowest BCUT2D eigenvalue weighted by molar-refractivity contribution is -0.119. The number of nitrogens with one attached hydrogen (secondary N) is 1. The van der Waals surface area contributed by atoms with Crippen molar-refractivity contribution < 1.29 is 9.59 Å². The molecule has 0 aromatic carbocycles. The van der Waals surface area contributed by atoms with Gasteiger partial charge in [0.25, 0.3) is 5.91 Å². The van der Waals surface area contributed by atoms with Crippen LogP contribution in [-0.4, -0.2) is 43.0 Å². The van der Waals surface area contributed by atoms with E-state index in [1.807, 2.05) is 18.7 Å². The summed E-state index contributed by atoms with van der Waals surface area (Å²) in [4.78, 5) is 34.9. The smallest absolute Gasteiger partial charge is 0.272 e. The van der Waals surface area contributed by atoms with Gasteiger partial charge in [0.1, 0.15) is 5.69 Å². The van der Waals surface area contributed by atoms with Gasteiger partial charge in [-0.1, -0.05) is 0 Å². The van der Waals surface area contributed by atoms with Crippen LogP contribution in [0.1, 0.15) is 67.7 Å². The summed E-state index contributed by atoms with van der Waals surface area (Å²) in [7, 11) is 0. The highest BCUT2D eigenvalue weighted by molar-refractivity contribution is 5.93. The number of carbonyl (C=O) groups is 2. The van der Waals surface area contributed by atoms with E-state index in [0.29, 0.717) is 24.6 Å². The molecule has 3 heterocycles. The van der Waals surface area contributed by atoms with Gasteiger partial charge in [0.15, 0.2) is 5.82 Å². The van der Waals surface area contributed by atoms with Crippen LogP contribution in [0.5, 0.6) is 0 Å². The molecule has 1 aliphatic rings. The first-order valence-corrected chi connectivity index (χ1v) is 8.88. The largest absolute Gasteiger partial charge is 0.351 e. The molecule has 0 unspecified atom stereocenters. The van der Waals surface area contributed by atoms with E-state index in [9.17, 15) is 9.59 Å². The van der Waals surface area contributed by atoms with Crippen molar-refractivity contribution in [2.24, 2.45) is 0 Å². The predicted octanol–water partition coefficient (Wildman–Crippen LogP) is 1.87. The van der Waals surface area contributed by atoms with Gasteiger partial charge in [-0.05, 0) is 38.8 Å². The molecule has 26 heavy (non-hydrogen) atoms. The first-order valence-electron chi connectivity index (χ1n) is 8.88. The summed E-state index contributed by atoms with van der Waals surface area (Å²) in [6.07, 6.45) is 5.07. The van der Waals surface area contributed by atoms with Crippen molar-refractivity contribution in [3.8, 4) is 0 Å². The Hall–Kier alpha value is -2.77. The molecular formula is C18H24N6O2. The summed E-state index contributed by atoms with van der Waals surface area (Å²) in [5.41, 5.74) is 1.32. The maximum Gasteiger partial charge on any atom is 0.272 e. The summed E-state index contributed by atoms with van der Waals surface area (Å²) >= 11 is 0. The minimum absolute atomic E-state index is 0.0467. The number of carbonyl (C=O) groups excluding carboxylic acids is 2. The molecule has 1 saturated heterocycles. The molecule has 2 aromatic heterocycles. The standard InChI is InChI=1S/C18H24N6O2/c1-12(2)24-16(7-9-21-24)18(26)23-10-4-5-15(23)17-19-8-6-14(22-17)11-20-13(3)25/h6-9,12,15H,4-5,10-11H2,1-3H3,(H,20,25)/t15-/m0/s1. The lowest BCUT2D eigenvalue weighted by Gasteiger charge is -2.24. The van der Waals surface area contributed by atoms with Gasteiger partial charge in [0, 0.05) is 31.9 Å². The Balaban J connectivity index is 1.82. The number of hydrogen-bond acceptors (Lipinski definition) is 5. The number of nitrogens with zero attached hydrogens (tertiary/aromatic N) is 5. The minimum Gasteiger partial charge on any atom is -0.351 e. The fourth-order valence-electron chi connectivity index (χ4n) is 3.21. The number of aromatic nitrogens is 4. The van der Waals surface area contributed by atoms with Crippen LogP contribution in [0, 0.1) is 0 Å². The SMILES string of the molecule is CC(=O)NCc1ccnc([C@@H]2CCCN2C(=O)c2ccnn2C(C)C)n1. The maximum atomic E-state index is 13.1. The van der Waals surface area contributed by atoms with Gasteiger partial charge < -0.3 is 10.2 Å². The minimum atomic E-state index is -0.157. The number of rotatable bonds is 5. The van der Waals surface area contributed by atoms with Crippen molar-refractivity contribution in [2.75, 3.05) is 6.54 Å². The fourth-order valence-corrected chi connectivity index (χ4v) is 3.21. The summed E-state index contributed by atoms with van der Waals surface area (Å²) in [6, 6.07) is 3.48. The zero-order valence-corrected chi connectivity index (χ0v) is 15.3. The Morgan fingerprint density at radius 2 is 2.12 bits per heavy atom. The Kier molecular flexibility index (Phi) is 5.29. The Labute approximate surface area is 152 Å². The molecule has 1 atom stereocenters. The van der Waals surface area contributed by atoms with E-state index in [0.717, 1.165) is 18.5 Å². The number of likely N-dealkylation sites (tertiary alicyclic amines) is 1. The highest BCUT2D eigenvalue weighted by Gasteiger charge is 2.34. The third kappa shape index (κ3) is 3.74. The molecule has 0 bridgehead atoms. The van der Waals surface area contributed by atoms with Gasteiger partial charge in [0.05, 0.1) is 18.3 Å². The molecule has 138 valence electrons. The predicted molar refractivity (Wildman–Crippen MR) is 95.2 cm³/mol. The normalized spacial score (nSPS) is 16.9. The van der Waals surface area contributed by atoms with E-state index in [1.165, 1.54) is 6.92 Å². The highest BCUT2D eigenvalue weighted by Crippen LogP contribution is 2.31. The van der Waals surface area contributed by atoms with Crippen LogP contribution in [0.15, 0.2) is 24.5 Å². The van der Waals surface area contributed by atoms with Crippen molar-refractivity contribution in [1.29, 1.82) is 0 Å². The van der Waals surface area contributed by atoms with E-state index in [-0.39, 0.29) is 23.9 Å². The van der Waals surface area contributed by atoms with Crippen LogP contribution in [0.3, 0.4) is 0 Å². The molecule has 8 heteroatoms.